The molecule has 1 atom stereocenters. The Bertz CT molecular complexity index is 1040. The molecule has 2 aromatic rings. The summed E-state index contributed by atoms with van der Waals surface area (Å²) in [6.07, 6.45) is 2.55. The van der Waals surface area contributed by atoms with Crippen LogP contribution >= 0.6 is 0 Å². The van der Waals surface area contributed by atoms with Crippen LogP contribution in [0.3, 0.4) is 0 Å². The number of methoxy groups -OCH3 is 2. The van der Waals surface area contributed by atoms with Gasteiger partial charge in [-0.3, -0.25) is 9.69 Å². The number of anilines is 1. The Balaban J connectivity index is 1.47. The number of nitrogens with zero attached hydrogens (tertiary/aromatic N) is 1. The maximum atomic E-state index is 12.5. The van der Waals surface area contributed by atoms with Gasteiger partial charge in [-0.05, 0) is 55.1 Å². The normalized spacial score (nSPS) is 16.9. The van der Waals surface area contributed by atoms with Gasteiger partial charge in [-0.15, -0.1) is 0 Å². The second kappa shape index (κ2) is 11.5. The van der Waals surface area contributed by atoms with Crippen LogP contribution in [-0.4, -0.2) is 53.1 Å². The van der Waals surface area contributed by atoms with E-state index in [4.69, 9.17) is 9.47 Å². The van der Waals surface area contributed by atoms with Gasteiger partial charge in [0.1, 0.15) is 0 Å². The van der Waals surface area contributed by atoms with E-state index < -0.39 is 10.0 Å². The molecular formula is C24H33N3O5S. The van der Waals surface area contributed by atoms with Gasteiger partial charge >= 0.3 is 0 Å². The highest BCUT2D eigenvalue weighted by Gasteiger charge is 2.18. The largest absolute Gasteiger partial charge is 0.493 e. The number of sulfonamides is 1. The molecule has 0 bridgehead atoms. The molecule has 8 nitrogen and oxygen atoms in total. The molecule has 1 fully saturated rings. The van der Waals surface area contributed by atoms with Crippen molar-refractivity contribution in [2.75, 3.05) is 39.2 Å². The molecule has 0 aromatic heterocycles. The maximum Gasteiger partial charge on any atom is 0.240 e. The van der Waals surface area contributed by atoms with Crippen LogP contribution in [0.5, 0.6) is 11.5 Å². The van der Waals surface area contributed by atoms with Crippen molar-refractivity contribution in [2.24, 2.45) is 5.92 Å². The summed E-state index contributed by atoms with van der Waals surface area (Å²) < 4.78 is 37.8. The molecule has 1 saturated heterocycles. The lowest BCUT2D eigenvalue weighted by Crippen LogP contribution is -2.33. The lowest BCUT2D eigenvalue weighted by Gasteiger charge is -2.30. The fourth-order valence-corrected chi connectivity index (χ4v) is 5.02. The first kappa shape index (κ1) is 25.0. The van der Waals surface area contributed by atoms with Crippen molar-refractivity contribution < 1.29 is 22.7 Å². The first-order valence-corrected chi connectivity index (χ1v) is 12.6. The Morgan fingerprint density at radius 1 is 1.09 bits per heavy atom. The summed E-state index contributed by atoms with van der Waals surface area (Å²) in [5.41, 5.74) is 1.91. The second-order valence-electron chi connectivity index (χ2n) is 8.39. The third-order valence-corrected chi connectivity index (χ3v) is 7.15. The average molecular weight is 476 g/mol. The molecule has 0 aliphatic carbocycles. The highest BCUT2D eigenvalue weighted by atomic mass is 32.2. The highest BCUT2D eigenvalue weighted by molar-refractivity contribution is 7.89. The predicted octanol–water partition coefficient (Wildman–Crippen LogP) is 3.24. The topological polar surface area (TPSA) is 97.0 Å². The van der Waals surface area contributed by atoms with E-state index in [1.165, 1.54) is 50.8 Å². The van der Waals surface area contributed by atoms with Gasteiger partial charge in [-0.1, -0.05) is 19.1 Å². The summed E-state index contributed by atoms with van der Waals surface area (Å²) in [5, 5.41) is 2.82. The summed E-state index contributed by atoms with van der Waals surface area (Å²) in [6.45, 7) is 5.43. The minimum Gasteiger partial charge on any atom is -0.493 e. The fourth-order valence-electron chi connectivity index (χ4n) is 3.97. The van der Waals surface area contributed by atoms with E-state index in [1.807, 2.05) is 24.3 Å². The Kier molecular flexibility index (Phi) is 8.71. The summed E-state index contributed by atoms with van der Waals surface area (Å²) in [4.78, 5) is 14.8. The van der Waals surface area contributed by atoms with Gasteiger partial charge in [0.05, 0.1) is 19.1 Å². The van der Waals surface area contributed by atoms with Crippen molar-refractivity contribution in [3.8, 4) is 11.5 Å². The van der Waals surface area contributed by atoms with Crippen LogP contribution in [0.4, 0.5) is 5.69 Å². The van der Waals surface area contributed by atoms with Crippen LogP contribution in [0.2, 0.25) is 0 Å². The predicted molar refractivity (Wildman–Crippen MR) is 128 cm³/mol. The number of amides is 1. The van der Waals surface area contributed by atoms with Gasteiger partial charge in [0.15, 0.2) is 11.5 Å². The fraction of sp³-hybridized carbons (Fsp3) is 0.458. The summed E-state index contributed by atoms with van der Waals surface area (Å²) in [5.74, 6) is 1.23. The van der Waals surface area contributed by atoms with E-state index in [-0.39, 0.29) is 23.8 Å². The summed E-state index contributed by atoms with van der Waals surface area (Å²) in [6, 6.07) is 12.1. The van der Waals surface area contributed by atoms with Crippen molar-refractivity contribution in [2.45, 2.75) is 37.6 Å². The average Bonchev–Trinajstić information content (AvgIpc) is 2.79. The Hall–Kier alpha value is -2.62. The lowest BCUT2D eigenvalue weighted by atomic mass is 10.00. The van der Waals surface area contributed by atoms with E-state index in [0.29, 0.717) is 17.2 Å². The number of carbonyl (C=O) groups excluding carboxylic acids is 1. The van der Waals surface area contributed by atoms with Gasteiger partial charge < -0.3 is 14.8 Å². The van der Waals surface area contributed by atoms with Gasteiger partial charge in [-0.25, -0.2) is 13.1 Å². The molecule has 2 N–H and O–H groups in total. The molecule has 1 aliphatic heterocycles. The van der Waals surface area contributed by atoms with Gasteiger partial charge in [0, 0.05) is 37.8 Å². The van der Waals surface area contributed by atoms with Crippen LogP contribution in [0, 0.1) is 5.92 Å². The highest BCUT2D eigenvalue weighted by Crippen LogP contribution is 2.29. The third-order valence-electron chi connectivity index (χ3n) is 5.69. The van der Waals surface area contributed by atoms with Crippen molar-refractivity contribution in [3.63, 3.8) is 0 Å². The van der Waals surface area contributed by atoms with Crippen molar-refractivity contribution in [1.29, 1.82) is 0 Å². The number of likely N-dealkylation sites (tertiary alicyclic amines) is 1. The maximum absolute atomic E-state index is 12.5. The third kappa shape index (κ3) is 7.18. The van der Waals surface area contributed by atoms with E-state index >= 15 is 0 Å². The number of piperidine rings is 1. The summed E-state index contributed by atoms with van der Waals surface area (Å²) >= 11 is 0. The van der Waals surface area contributed by atoms with Gasteiger partial charge in [0.2, 0.25) is 15.9 Å². The van der Waals surface area contributed by atoms with Crippen LogP contribution in [0.15, 0.2) is 47.4 Å². The molecule has 3 rings (SSSR count). The lowest BCUT2D eigenvalue weighted by molar-refractivity contribution is -0.116. The monoisotopic (exact) mass is 475 g/mol. The van der Waals surface area contributed by atoms with Crippen LogP contribution in [0.1, 0.15) is 31.7 Å². The quantitative estimate of drug-likeness (QED) is 0.548. The molecule has 9 heteroatoms. The molecule has 1 heterocycles. The summed E-state index contributed by atoms with van der Waals surface area (Å²) in [7, 11) is -0.865. The standard InChI is InChI=1S/C24H33N3O5S/c1-18-5-4-14-27(16-18)17-19-6-8-20(9-7-19)26-24(28)12-13-25-33(29,30)21-10-11-22(31-2)23(15-21)32-3/h6-11,15,18,25H,4-5,12-14,16-17H2,1-3H3,(H,26,28). The molecule has 1 aliphatic rings. The first-order valence-electron chi connectivity index (χ1n) is 11.1. The number of rotatable bonds is 10. The van der Waals surface area contributed by atoms with Gasteiger partial charge in [0.25, 0.3) is 0 Å². The smallest absolute Gasteiger partial charge is 0.240 e. The minimum atomic E-state index is -3.78. The van der Waals surface area contributed by atoms with E-state index in [1.54, 1.807) is 0 Å². The zero-order chi connectivity index (χ0) is 23.8. The van der Waals surface area contributed by atoms with E-state index in [9.17, 15) is 13.2 Å². The molecule has 1 unspecified atom stereocenters. The molecule has 0 radical (unpaired) electrons. The SMILES string of the molecule is COc1ccc(S(=O)(=O)NCCC(=O)Nc2ccc(CN3CCCC(C)C3)cc2)cc1OC. The Labute approximate surface area is 196 Å². The number of benzene rings is 2. The molecule has 1 amide bonds. The Morgan fingerprint density at radius 3 is 2.48 bits per heavy atom. The van der Waals surface area contributed by atoms with Crippen LogP contribution < -0.4 is 19.5 Å². The van der Waals surface area contributed by atoms with Gasteiger partial charge in [-0.2, -0.15) is 0 Å². The molecular weight excluding hydrogens is 442 g/mol. The van der Waals surface area contributed by atoms with Crippen molar-refractivity contribution in [3.05, 3.63) is 48.0 Å². The minimum absolute atomic E-state index is 0.0138. The van der Waals surface area contributed by atoms with E-state index in [0.717, 1.165) is 25.6 Å². The zero-order valence-corrected chi connectivity index (χ0v) is 20.3. The number of hydrogen-bond acceptors (Lipinski definition) is 6. The molecule has 180 valence electrons. The number of carbonyl (C=O) groups is 1. The first-order chi connectivity index (χ1) is 15.8. The van der Waals surface area contributed by atoms with Crippen LogP contribution in [-0.2, 0) is 21.4 Å². The molecule has 2 aromatic carbocycles. The van der Waals surface area contributed by atoms with E-state index in [2.05, 4.69) is 21.9 Å². The molecule has 0 spiro atoms. The Morgan fingerprint density at radius 2 is 1.82 bits per heavy atom. The molecule has 33 heavy (non-hydrogen) atoms. The van der Waals surface area contributed by atoms with Crippen molar-refractivity contribution in [1.82, 2.24) is 9.62 Å². The molecule has 0 saturated carbocycles. The number of ether oxygens (including phenoxy) is 2. The van der Waals surface area contributed by atoms with Crippen LogP contribution in [0.25, 0.3) is 0 Å². The zero-order valence-electron chi connectivity index (χ0n) is 19.5. The van der Waals surface area contributed by atoms with Crippen molar-refractivity contribution >= 4 is 21.6 Å². The number of nitrogens with one attached hydrogen (secondary N) is 2. The second-order valence-corrected chi connectivity index (χ2v) is 10.2. The number of hydrogen-bond donors (Lipinski definition) is 2.